The summed E-state index contributed by atoms with van der Waals surface area (Å²) in [6.45, 7) is 5.37. The van der Waals surface area contributed by atoms with E-state index < -0.39 is 6.35 Å². The Kier molecular flexibility index (Phi) is 3.69. The second-order valence-corrected chi connectivity index (χ2v) is 4.24. The molecule has 0 aromatic heterocycles. The van der Waals surface area contributed by atoms with E-state index in [0.717, 1.165) is 39.3 Å². The fraction of sp³-hybridized carbons (Fsp3) is 0.900. The Labute approximate surface area is 90.0 Å². The summed E-state index contributed by atoms with van der Waals surface area (Å²) in [6, 6.07) is 0. The van der Waals surface area contributed by atoms with Crippen LogP contribution in [0.1, 0.15) is 12.8 Å². The Hall–Kier alpha value is -0.490. The number of Topliss-reactive ketones (excluding diaryl/α,β-unsaturated/α-hetero) is 1. The van der Waals surface area contributed by atoms with Crippen molar-refractivity contribution in [2.45, 2.75) is 19.2 Å². The van der Waals surface area contributed by atoms with E-state index in [1.165, 1.54) is 0 Å². The zero-order valence-electron chi connectivity index (χ0n) is 8.98. The Morgan fingerprint density at radius 1 is 1.27 bits per heavy atom. The monoisotopic (exact) mass is 213 g/mol. The lowest BCUT2D eigenvalue weighted by Gasteiger charge is -2.28. The molecule has 15 heavy (non-hydrogen) atoms. The van der Waals surface area contributed by atoms with E-state index in [1.807, 2.05) is 4.90 Å². The molecule has 86 valence electrons. The van der Waals surface area contributed by atoms with Crippen molar-refractivity contribution in [2.75, 3.05) is 39.3 Å². The molecular formula is C10H19N3O2. The van der Waals surface area contributed by atoms with Crippen LogP contribution in [0.2, 0.25) is 0 Å². The number of hydrogen-bond acceptors (Lipinski definition) is 5. The van der Waals surface area contributed by atoms with Crippen LogP contribution >= 0.6 is 0 Å². The number of nitrogens with one attached hydrogen (secondary N) is 1. The summed E-state index contributed by atoms with van der Waals surface area (Å²) < 4.78 is 0. The zero-order chi connectivity index (χ0) is 10.7. The van der Waals surface area contributed by atoms with Crippen molar-refractivity contribution in [3.63, 3.8) is 0 Å². The summed E-state index contributed by atoms with van der Waals surface area (Å²) >= 11 is 0. The average Bonchev–Trinajstić information content (AvgIpc) is 2.63. The number of hydrogen-bond donors (Lipinski definition) is 2. The lowest BCUT2D eigenvalue weighted by molar-refractivity contribution is -0.121. The van der Waals surface area contributed by atoms with Crippen molar-refractivity contribution in [1.29, 1.82) is 0 Å². The Balaban J connectivity index is 1.67. The molecule has 5 heteroatoms. The topological polar surface area (TPSA) is 55.8 Å². The van der Waals surface area contributed by atoms with Gasteiger partial charge in [-0.15, -0.1) is 0 Å². The number of piperidine rings is 1. The first kappa shape index (κ1) is 11.0. The summed E-state index contributed by atoms with van der Waals surface area (Å²) in [5, 5.41) is 12.5. The van der Waals surface area contributed by atoms with E-state index in [4.69, 9.17) is 0 Å². The van der Waals surface area contributed by atoms with Crippen LogP contribution in [-0.4, -0.2) is 66.3 Å². The summed E-state index contributed by atoms with van der Waals surface area (Å²) in [5.74, 6) is 0.383. The molecule has 2 N–H and O–H groups in total. The molecule has 0 aliphatic carbocycles. The Morgan fingerprint density at radius 2 is 2.00 bits per heavy atom. The van der Waals surface area contributed by atoms with E-state index in [1.54, 1.807) is 0 Å². The average molecular weight is 213 g/mol. The number of carbonyl (C=O) groups excluding carboxylic acids is 1. The maximum absolute atomic E-state index is 11.0. The normalized spacial score (nSPS) is 29.9. The number of carbonyl (C=O) groups is 1. The highest BCUT2D eigenvalue weighted by atomic mass is 16.3. The Bertz CT molecular complexity index is 225. The van der Waals surface area contributed by atoms with Gasteiger partial charge in [-0.05, 0) is 0 Å². The molecule has 0 aromatic carbocycles. The fourth-order valence-corrected chi connectivity index (χ4v) is 2.12. The van der Waals surface area contributed by atoms with Gasteiger partial charge in [-0.25, -0.2) is 0 Å². The fourth-order valence-electron chi connectivity index (χ4n) is 2.12. The van der Waals surface area contributed by atoms with Gasteiger partial charge in [-0.2, -0.15) is 0 Å². The van der Waals surface area contributed by atoms with Crippen LogP contribution in [0.3, 0.4) is 0 Å². The van der Waals surface area contributed by atoms with Gasteiger partial charge in [-0.3, -0.25) is 15.0 Å². The van der Waals surface area contributed by atoms with Crippen LogP contribution in [0, 0.1) is 0 Å². The van der Waals surface area contributed by atoms with Gasteiger partial charge in [0.15, 0.2) is 6.35 Å². The van der Waals surface area contributed by atoms with Crippen molar-refractivity contribution in [1.82, 2.24) is 15.1 Å². The lowest BCUT2D eigenvalue weighted by Crippen LogP contribution is -2.43. The van der Waals surface area contributed by atoms with E-state index in [0.29, 0.717) is 18.6 Å². The van der Waals surface area contributed by atoms with Crippen molar-refractivity contribution in [2.24, 2.45) is 0 Å². The number of ketones is 1. The van der Waals surface area contributed by atoms with Gasteiger partial charge < -0.3 is 10.0 Å². The summed E-state index contributed by atoms with van der Waals surface area (Å²) in [5.41, 5.74) is 0. The van der Waals surface area contributed by atoms with Crippen molar-refractivity contribution >= 4 is 5.78 Å². The van der Waals surface area contributed by atoms with Gasteiger partial charge >= 0.3 is 0 Å². The zero-order valence-corrected chi connectivity index (χ0v) is 8.98. The van der Waals surface area contributed by atoms with Gasteiger partial charge in [0.25, 0.3) is 0 Å². The van der Waals surface area contributed by atoms with Crippen molar-refractivity contribution in [3.05, 3.63) is 0 Å². The number of nitrogens with zero attached hydrogens (tertiary/aromatic N) is 2. The molecule has 5 nitrogen and oxygen atoms in total. The third-order valence-corrected chi connectivity index (χ3v) is 3.19. The lowest BCUT2D eigenvalue weighted by atomic mass is 10.1. The second-order valence-electron chi connectivity index (χ2n) is 4.24. The molecule has 2 aliphatic heterocycles. The second kappa shape index (κ2) is 5.03. The number of aliphatic hydroxyl groups is 1. The van der Waals surface area contributed by atoms with Crippen molar-refractivity contribution in [3.8, 4) is 0 Å². The van der Waals surface area contributed by atoms with E-state index in [2.05, 4.69) is 10.2 Å². The Morgan fingerprint density at radius 3 is 2.60 bits per heavy atom. The third kappa shape index (κ3) is 2.98. The van der Waals surface area contributed by atoms with Gasteiger partial charge in [0.2, 0.25) is 0 Å². The maximum atomic E-state index is 11.0. The highest BCUT2D eigenvalue weighted by molar-refractivity contribution is 5.79. The van der Waals surface area contributed by atoms with Crippen LogP contribution < -0.4 is 5.32 Å². The molecule has 2 saturated heterocycles. The van der Waals surface area contributed by atoms with Gasteiger partial charge in [0.05, 0.1) is 0 Å². The molecule has 2 fully saturated rings. The van der Waals surface area contributed by atoms with E-state index >= 15 is 0 Å². The minimum absolute atomic E-state index is 0.383. The van der Waals surface area contributed by atoms with Gasteiger partial charge in [0.1, 0.15) is 5.78 Å². The van der Waals surface area contributed by atoms with E-state index in [-0.39, 0.29) is 0 Å². The molecule has 0 spiro atoms. The minimum atomic E-state index is -0.476. The predicted molar refractivity (Wildman–Crippen MR) is 56.3 cm³/mol. The molecular weight excluding hydrogens is 194 g/mol. The van der Waals surface area contributed by atoms with Crippen LogP contribution in [0.4, 0.5) is 0 Å². The molecule has 0 saturated carbocycles. The quantitative estimate of drug-likeness (QED) is 0.619. The van der Waals surface area contributed by atoms with Crippen LogP contribution in [0.25, 0.3) is 0 Å². The third-order valence-electron chi connectivity index (χ3n) is 3.19. The molecule has 1 atom stereocenters. The highest BCUT2D eigenvalue weighted by Gasteiger charge is 2.22. The van der Waals surface area contributed by atoms with Crippen molar-refractivity contribution < 1.29 is 9.90 Å². The smallest absolute Gasteiger partial charge is 0.163 e. The first-order valence-corrected chi connectivity index (χ1v) is 5.65. The molecule has 1 unspecified atom stereocenters. The summed E-state index contributed by atoms with van der Waals surface area (Å²) in [4.78, 5) is 15.4. The highest BCUT2D eigenvalue weighted by Crippen LogP contribution is 2.06. The molecule has 0 bridgehead atoms. The molecule has 2 aliphatic rings. The van der Waals surface area contributed by atoms with E-state index in [9.17, 15) is 9.90 Å². The maximum Gasteiger partial charge on any atom is 0.163 e. The summed E-state index contributed by atoms with van der Waals surface area (Å²) in [6.07, 6.45) is 0.915. The SMILES string of the molecule is O=C1CCN(CCN2CCNC2O)CC1. The minimum Gasteiger partial charge on any atom is -0.365 e. The number of aliphatic hydroxyl groups excluding tert-OH is 1. The number of rotatable bonds is 3. The first-order chi connectivity index (χ1) is 7.25. The van der Waals surface area contributed by atoms with Crippen LogP contribution in [0.5, 0.6) is 0 Å². The van der Waals surface area contributed by atoms with Gasteiger partial charge in [-0.1, -0.05) is 0 Å². The first-order valence-electron chi connectivity index (χ1n) is 5.65. The molecule has 2 heterocycles. The molecule has 0 aromatic rings. The molecule has 0 radical (unpaired) electrons. The summed E-state index contributed by atoms with van der Waals surface area (Å²) in [7, 11) is 0. The standard InChI is InChI=1S/C10H19N3O2/c14-9-1-4-12(5-2-9)7-8-13-6-3-11-10(13)15/h10-11,15H,1-8H2. The van der Waals surface area contributed by atoms with Crippen LogP contribution in [-0.2, 0) is 4.79 Å². The molecule has 2 rings (SSSR count). The predicted octanol–water partition coefficient (Wildman–Crippen LogP) is -1.17. The van der Waals surface area contributed by atoms with Crippen LogP contribution in [0.15, 0.2) is 0 Å². The molecule has 0 amide bonds. The number of likely N-dealkylation sites (tertiary alicyclic amines) is 1. The largest absolute Gasteiger partial charge is 0.365 e. The van der Waals surface area contributed by atoms with Gasteiger partial charge in [0, 0.05) is 52.1 Å².